The Morgan fingerprint density at radius 3 is 2.69 bits per heavy atom. The number of nitrogens with zero attached hydrogens (tertiary/aromatic N) is 3. The lowest BCUT2D eigenvalue weighted by atomic mass is 10.2. The van der Waals surface area contributed by atoms with E-state index in [4.69, 9.17) is 19.6 Å². The fraction of sp³-hybridized carbons (Fsp3) is 0.435. The fourth-order valence-electron chi connectivity index (χ4n) is 3.97. The summed E-state index contributed by atoms with van der Waals surface area (Å²) in [6.07, 6.45) is 1.99. The number of para-hydroxylation sites is 2. The van der Waals surface area contributed by atoms with E-state index in [1.165, 1.54) is 0 Å². The highest BCUT2D eigenvalue weighted by Crippen LogP contribution is 2.31. The number of unbranched alkanes of at least 4 members (excludes halogenated alkanes) is 1. The third-order valence-electron chi connectivity index (χ3n) is 5.70. The summed E-state index contributed by atoms with van der Waals surface area (Å²) in [5, 5.41) is 5.32. The molecule has 2 N–H and O–H groups in total. The van der Waals surface area contributed by atoms with Crippen LogP contribution in [0, 0.1) is 0 Å². The van der Waals surface area contributed by atoms with Crippen LogP contribution < -0.4 is 14.6 Å². The lowest BCUT2D eigenvalue weighted by Gasteiger charge is -2.30. The van der Waals surface area contributed by atoms with Crippen molar-refractivity contribution in [2.45, 2.75) is 50.8 Å². The summed E-state index contributed by atoms with van der Waals surface area (Å²) < 4.78 is 37.7. The number of aryl methyl sites for hydroxylation is 1. The Bertz CT molecular complexity index is 1190. The highest BCUT2D eigenvalue weighted by molar-refractivity contribution is 7.89. The number of imidazole rings is 1. The first-order chi connectivity index (χ1) is 15.4. The molecule has 4 rings (SSSR count). The van der Waals surface area contributed by atoms with E-state index in [1.54, 1.807) is 18.2 Å². The van der Waals surface area contributed by atoms with Crippen molar-refractivity contribution in [3.63, 3.8) is 0 Å². The summed E-state index contributed by atoms with van der Waals surface area (Å²) in [7, 11) is -3.78. The van der Waals surface area contributed by atoms with Gasteiger partial charge in [0.25, 0.3) is 0 Å². The standard InChI is InChI=1S/C23H30N4O4S/c1-3-5-12-27-20-11-10-18(32(24,28)29)13-19(20)25-23(27)15-26(4-2)14-17-16-30-21-8-6-7-9-22(21)31-17/h6-11,13,17H,3-5,12,14-16H2,1-2H3,(H2,24,28,29)/t17-/m0/s1. The average molecular weight is 459 g/mol. The predicted octanol–water partition coefficient (Wildman–Crippen LogP) is 3.15. The van der Waals surface area contributed by atoms with Crippen molar-refractivity contribution < 1.29 is 17.9 Å². The molecule has 0 saturated heterocycles. The van der Waals surface area contributed by atoms with Crippen LogP contribution in [-0.4, -0.2) is 48.7 Å². The molecule has 0 unspecified atom stereocenters. The molecule has 0 spiro atoms. The SMILES string of the molecule is CCCCn1c(CN(CC)C[C@H]2COc3ccccc3O2)nc2cc(S(N)(=O)=O)ccc21. The molecule has 0 aliphatic carbocycles. The second kappa shape index (κ2) is 9.48. The monoisotopic (exact) mass is 458 g/mol. The van der Waals surface area contributed by atoms with E-state index in [0.717, 1.165) is 48.8 Å². The molecule has 1 aromatic heterocycles. The largest absolute Gasteiger partial charge is 0.486 e. The summed E-state index contributed by atoms with van der Waals surface area (Å²) in [5.41, 5.74) is 1.56. The third-order valence-corrected chi connectivity index (χ3v) is 6.62. The van der Waals surface area contributed by atoms with Crippen molar-refractivity contribution in [3.05, 3.63) is 48.3 Å². The van der Waals surface area contributed by atoms with Gasteiger partial charge in [-0.3, -0.25) is 4.90 Å². The lowest BCUT2D eigenvalue weighted by molar-refractivity contribution is 0.0571. The maximum absolute atomic E-state index is 11.8. The molecular formula is C23H30N4O4S. The van der Waals surface area contributed by atoms with Crippen molar-refractivity contribution in [2.75, 3.05) is 19.7 Å². The number of benzene rings is 2. The molecule has 1 aliphatic heterocycles. The van der Waals surface area contributed by atoms with E-state index in [2.05, 4.69) is 23.3 Å². The van der Waals surface area contributed by atoms with Gasteiger partial charge < -0.3 is 14.0 Å². The van der Waals surface area contributed by atoms with Gasteiger partial charge in [0.1, 0.15) is 18.5 Å². The first-order valence-corrected chi connectivity index (χ1v) is 12.6. The van der Waals surface area contributed by atoms with Gasteiger partial charge in [0.15, 0.2) is 11.5 Å². The average Bonchev–Trinajstić information content (AvgIpc) is 3.12. The number of hydrogen-bond acceptors (Lipinski definition) is 6. The Kier molecular flexibility index (Phi) is 6.68. The van der Waals surface area contributed by atoms with Gasteiger partial charge in [-0.05, 0) is 43.3 Å². The van der Waals surface area contributed by atoms with Crippen molar-refractivity contribution in [2.24, 2.45) is 5.14 Å². The molecule has 9 heteroatoms. The predicted molar refractivity (Wildman–Crippen MR) is 123 cm³/mol. The van der Waals surface area contributed by atoms with E-state index < -0.39 is 10.0 Å². The van der Waals surface area contributed by atoms with Crippen LogP contribution in [0.15, 0.2) is 47.4 Å². The van der Waals surface area contributed by atoms with Gasteiger partial charge in [0, 0.05) is 13.1 Å². The molecule has 1 aliphatic rings. The minimum atomic E-state index is -3.78. The molecule has 2 heterocycles. The molecule has 2 aromatic carbocycles. The molecule has 8 nitrogen and oxygen atoms in total. The number of primary sulfonamides is 1. The number of nitrogens with two attached hydrogens (primary N) is 1. The van der Waals surface area contributed by atoms with E-state index in [-0.39, 0.29) is 11.0 Å². The van der Waals surface area contributed by atoms with E-state index in [9.17, 15) is 8.42 Å². The molecule has 3 aromatic rings. The van der Waals surface area contributed by atoms with Crippen molar-refractivity contribution in [3.8, 4) is 11.5 Å². The van der Waals surface area contributed by atoms with E-state index in [1.807, 2.05) is 24.3 Å². The smallest absolute Gasteiger partial charge is 0.238 e. The molecule has 0 amide bonds. The van der Waals surface area contributed by atoms with Gasteiger partial charge in [0.2, 0.25) is 10.0 Å². The van der Waals surface area contributed by atoms with Crippen LogP contribution in [0.4, 0.5) is 0 Å². The molecule has 0 saturated carbocycles. The van der Waals surface area contributed by atoms with E-state index >= 15 is 0 Å². The zero-order chi connectivity index (χ0) is 22.7. The number of fused-ring (bicyclic) bond motifs is 2. The Labute approximate surface area is 189 Å². The zero-order valence-electron chi connectivity index (χ0n) is 18.5. The van der Waals surface area contributed by atoms with Crippen LogP contribution in [0.3, 0.4) is 0 Å². The van der Waals surface area contributed by atoms with Gasteiger partial charge in [0.05, 0.1) is 22.5 Å². The number of likely N-dealkylation sites (N-methyl/N-ethyl adjacent to an activating group) is 1. The fourth-order valence-corrected chi connectivity index (χ4v) is 4.50. The van der Waals surface area contributed by atoms with Gasteiger partial charge in [-0.15, -0.1) is 0 Å². The van der Waals surface area contributed by atoms with Crippen LogP contribution in [0.2, 0.25) is 0 Å². The second-order valence-corrected chi connectivity index (χ2v) is 9.62. The normalized spacial score (nSPS) is 16.1. The number of ether oxygens (including phenoxy) is 2. The summed E-state index contributed by atoms with van der Waals surface area (Å²) in [6.45, 7) is 7.72. The van der Waals surface area contributed by atoms with Crippen molar-refractivity contribution >= 4 is 21.1 Å². The number of sulfonamides is 1. The zero-order valence-corrected chi connectivity index (χ0v) is 19.3. The Morgan fingerprint density at radius 2 is 1.97 bits per heavy atom. The van der Waals surface area contributed by atoms with Crippen LogP contribution in [0.25, 0.3) is 11.0 Å². The first kappa shape index (κ1) is 22.6. The quantitative estimate of drug-likeness (QED) is 0.529. The minimum Gasteiger partial charge on any atom is -0.486 e. The van der Waals surface area contributed by atoms with Gasteiger partial charge in [-0.25, -0.2) is 18.5 Å². The summed E-state index contributed by atoms with van der Waals surface area (Å²) >= 11 is 0. The molecule has 1 atom stereocenters. The minimum absolute atomic E-state index is 0.0766. The molecule has 172 valence electrons. The van der Waals surface area contributed by atoms with Crippen LogP contribution in [0.5, 0.6) is 11.5 Å². The lowest BCUT2D eigenvalue weighted by Crippen LogP contribution is -2.41. The number of hydrogen-bond donors (Lipinski definition) is 1. The Morgan fingerprint density at radius 1 is 1.19 bits per heavy atom. The van der Waals surface area contributed by atoms with Gasteiger partial charge in [-0.2, -0.15) is 0 Å². The molecule has 0 radical (unpaired) electrons. The van der Waals surface area contributed by atoms with E-state index in [0.29, 0.717) is 25.2 Å². The summed E-state index contributed by atoms with van der Waals surface area (Å²) in [4.78, 5) is 7.13. The second-order valence-electron chi connectivity index (χ2n) is 8.05. The maximum atomic E-state index is 11.8. The maximum Gasteiger partial charge on any atom is 0.238 e. The summed E-state index contributed by atoms with van der Waals surface area (Å²) in [5.74, 6) is 2.45. The van der Waals surface area contributed by atoms with Crippen LogP contribution in [-0.2, 0) is 23.1 Å². The van der Waals surface area contributed by atoms with Crippen molar-refractivity contribution in [1.82, 2.24) is 14.5 Å². The van der Waals surface area contributed by atoms with Crippen LogP contribution >= 0.6 is 0 Å². The van der Waals surface area contributed by atoms with Crippen LogP contribution in [0.1, 0.15) is 32.5 Å². The Balaban J connectivity index is 1.57. The van der Waals surface area contributed by atoms with Crippen molar-refractivity contribution in [1.29, 1.82) is 0 Å². The number of aromatic nitrogens is 2. The molecule has 0 fully saturated rings. The molecule has 32 heavy (non-hydrogen) atoms. The topological polar surface area (TPSA) is 99.7 Å². The van der Waals surface area contributed by atoms with Gasteiger partial charge >= 0.3 is 0 Å². The highest BCUT2D eigenvalue weighted by Gasteiger charge is 2.24. The number of rotatable bonds is 9. The first-order valence-electron chi connectivity index (χ1n) is 11.0. The molecule has 0 bridgehead atoms. The third kappa shape index (κ3) is 4.90. The summed E-state index contributed by atoms with van der Waals surface area (Å²) in [6, 6.07) is 12.6. The Hall–Kier alpha value is -2.62. The highest BCUT2D eigenvalue weighted by atomic mass is 32.2. The van der Waals surface area contributed by atoms with Gasteiger partial charge in [-0.1, -0.05) is 32.4 Å². The molecular weight excluding hydrogens is 428 g/mol.